The summed E-state index contributed by atoms with van der Waals surface area (Å²) in [4.78, 5) is 14.8. The van der Waals surface area contributed by atoms with Crippen molar-refractivity contribution in [3.63, 3.8) is 0 Å². The lowest BCUT2D eigenvalue weighted by molar-refractivity contribution is -0.0387. The third-order valence-corrected chi connectivity index (χ3v) is 4.45. The van der Waals surface area contributed by atoms with Crippen molar-refractivity contribution in [3.8, 4) is 11.5 Å². The highest BCUT2D eigenvalue weighted by molar-refractivity contribution is 6.32. The third-order valence-electron chi connectivity index (χ3n) is 4.17. The quantitative estimate of drug-likeness (QED) is 0.677. The van der Waals surface area contributed by atoms with Crippen LogP contribution in [0, 0.1) is 0 Å². The number of rotatable bonds is 7. The van der Waals surface area contributed by atoms with Gasteiger partial charge in [0, 0.05) is 12.1 Å². The molecule has 1 amide bonds. The zero-order valence-electron chi connectivity index (χ0n) is 15.5. The summed E-state index contributed by atoms with van der Waals surface area (Å²) in [5, 5.41) is 0.402. The summed E-state index contributed by atoms with van der Waals surface area (Å²) in [6.45, 7) is 10.1. The molecular formula is C19H28ClNO4. The fourth-order valence-corrected chi connectivity index (χ4v) is 3.03. The van der Waals surface area contributed by atoms with Crippen molar-refractivity contribution in [3.05, 3.63) is 22.7 Å². The molecule has 1 aliphatic heterocycles. The van der Waals surface area contributed by atoms with Crippen molar-refractivity contribution >= 4 is 17.5 Å². The van der Waals surface area contributed by atoms with E-state index in [-0.39, 0.29) is 18.1 Å². The second kappa shape index (κ2) is 9.30. The van der Waals surface area contributed by atoms with Gasteiger partial charge in [0.15, 0.2) is 11.5 Å². The van der Waals surface area contributed by atoms with Crippen LogP contribution in [0.1, 0.15) is 50.9 Å². The lowest BCUT2D eigenvalue weighted by Gasteiger charge is -2.37. The molecule has 0 spiro atoms. The van der Waals surface area contributed by atoms with Crippen molar-refractivity contribution in [2.24, 2.45) is 0 Å². The molecule has 1 aromatic carbocycles. The zero-order chi connectivity index (χ0) is 18.4. The van der Waals surface area contributed by atoms with Crippen molar-refractivity contribution < 1.29 is 19.0 Å². The van der Waals surface area contributed by atoms with E-state index < -0.39 is 0 Å². The van der Waals surface area contributed by atoms with Crippen LogP contribution in [0.3, 0.4) is 0 Å². The van der Waals surface area contributed by atoms with Gasteiger partial charge in [-0.1, -0.05) is 24.9 Å². The summed E-state index contributed by atoms with van der Waals surface area (Å²) in [5.41, 5.74) is 0.511. The SMILES string of the molecule is CCCCOc1c(Cl)cc(C(=O)N2CC(C)OCC2C)cc1OCC. The van der Waals surface area contributed by atoms with Gasteiger partial charge in [-0.3, -0.25) is 4.79 Å². The third kappa shape index (κ3) is 5.02. The fraction of sp³-hybridized carbons (Fsp3) is 0.632. The Morgan fingerprint density at radius 1 is 1.32 bits per heavy atom. The van der Waals surface area contributed by atoms with E-state index in [2.05, 4.69) is 6.92 Å². The number of morpholine rings is 1. The minimum Gasteiger partial charge on any atom is -0.490 e. The van der Waals surface area contributed by atoms with E-state index in [1.165, 1.54) is 0 Å². The molecule has 0 bridgehead atoms. The van der Waals surface area contributed by atoms with Crippen molar-refractivity contribution in [1.29, 1.82) is 0 Å². The molecule has 1 heterocycles. The Morgan fingerprint density at radius 2 is 2.08 bits per heavy atom. The van der Waals surface area contributed by atoms with Gasteiger partial charge in [-0.25, -0.2) is 0 Å². The molecule has 2 atom stereocenters. The topological polar surface area (TPSA) is 48.0 Å². The molecule has 0 aliphatic carbocycles. The molecule has 0 aromatic heterocycles. The molecule has 2 unspecified atom stereocenters. The summed E-state index contributed by atoms with van der Waals surface area (Å²) in [6.07, 6.45) is 2.00. The second-order valence-electron chi connectivity index (χ2n) is 6.37. The maximum absolute atomic E-state index is 13.0. The van der Waals surface area contributed by atoms with Crippen LogP contribution in [0.4, 0.5) is 0 Å². The maximum Gasteiger partial charge on any atom is 0.254 e. The Bertz CT molecular complexity index is 593. The number of halogens is 1. The van der Waals surface area contributed by atoms with E-state index in [1.807, 2.05) is 25.7 Å². The van der Waals surface area contributed by atoms with E-state index in [1.54, 1.807) is 12.1 Å². The van der Waals surface area contributed by atoms with Gasteiger partial charge in [-0.05, 0) is 39.3 Å². The monoisotopic (exact) mass is 369 g/mol. The Balaban J connectivity index is 2.26. The summed E-state index contributed by atoms with van der Waals surface area (Å²) in [7, 11) is 0. The van der Waals surface area contributed by atoms with E-state index in [4.69, 9.17) is 25.8 Å². The van der Waals surface area contributed by atoms with Crippen LogP contribution >= 0.6 is 11.6 Å². The smallest absolute Gasteiger partial charge is 0.254 e. The molecule has 1 aliphatic rings. The van der Waals surface area contributed by atoms with Gasteiger partial charge >= 0.3 is 0 Å². The number of hydrogen-bond acceptors (Lipinski definition) is 4. The Hall–Kier alpha value is -1.46. The number of carbonyl (C=O) groups excluding carboxylic acids is 1. The highest BCUT2D eigenvalue weighted by Gasteiger charge is 2.29. The van der Waals surface area contributed by atoms with Crippen LogP contribution in [0.2, 0.25) is 5.02 Å². The first-order valence-corrected chi connectivity index (χ1v) is 9.37. The van der Waals surface area contributed by atoms with Gasteiger partial charge in [0.1, 0.15) is 0 Å². The average molecular weight is 370 g/mol. The average Bonchev–Trinajstić information content (AvgIpc) is 2.58. The molecule has 1 saturated heterocycles. The van der Waals surface area contributed by atoms with E-state index in [0.29, 0.717) is 48.5 Å². The van der Waals surface area contributed by atoms with Crippen LogP contribution in [-0.4, -0.2) is 49.3 Å². The van der Waals surface area contributed by atoms with Crippen molar-refractivity contribution in [2.45, 2.75) is 52.7 Å². The summed E-state index contributed by atoms with van der Waals surface area (Å²) in [6, 6.07) is 3.42. The number of nitrogens with zero attached hydrogens (tertiary/aromatic N) is 1. The van der Waals surface area contributed by atoms with Gasteiger partial charge in [0.2, 0.25) is 0 Å². The molecule has 1 fully saturated rings. The van der Waals surface area contributed by atoms with E-state index in [9.17, 15) is 4.79 Å². The summed E-state index contributed by atoms with van der Waals surface area (Å²) < 4.78 is 17.0. The predicted molar refractivity (Wildman–Crippen MR) is 98.9 cm³/mol. The molecule has 25 heavy (non-hydrogen) atoms. The highest BCUT2D eigenvalue weighted by atomic mass is 35.5. The molecule has 6 heteroatoms. The minimum absolute atomic E-state index is 0.0264. The Kier molecular flexibility index (Phi) is 7.38. The number of benzene rings is 1. The normalized spacial score (nSPS) is 20.4. The molecule has 0 saturated carbocycles. The van der Waals surface area contributed by atoms with Crippen molar-refractivity contribution in [1.82, 2.24) is 4.90 Å². The van der Waals surface area contributed by atoms with Crippen LogP contribution in [0.25, 0.3) is 0 Å². The fourth-order valence-electron chi connectivity index (χ4n) is 2.77. The number of unbranched alkanes of at least 4 members (excludes halogenated alkanes) is 1. The number of amides is 1. The molecule has 140 valence electrons. The first-order chi connectivity index (χ1) is 12.0. The molecular weight excluding hydrogens is 342 g/mol. The summed E-state index contributed by atoms with van der Waals surface area (Å²) >= 11 is 6.40. The van der Waals surface area contributed by atoms with Gasteiger partial charge < -0.3 is 19.1 Å². The Labute approximate surface area is 155 Å². The van der Waals surface area contributed by atoms with Crippen LogP contribution < -0.4 is 9.47 Å². The van der Waals surface area contributed by atoms with Crippen molar-refractivity contribution in [2.75, 3.05) is 26.4 Å². The largest absolute Gasteiger partial charge is 0.490 e. The first kappa shape index (κ1) is 19.9. The van der Waals surface area contributed by atoms with Gasteiger partial charge in [0.05, 0.1) is 37.0 Å². The van der Waals surface area contributed by atoms with Crippen LogP contribution in [0.5, 0.6) is 11.5 Å². The van der Waals surface area contributed by atoms with Crippen LogP contribution in [-0.2, 0) is 4.74 Å². The van der Waals surface area contributed by atoms with Gasteiger partial charge in [0.25, 0.3) is 5.91 Å². The predicted octanol–water partition coefficient (Wildman–Crippen LogP) is 4.17. The summed E-state index contributed by atoms with van der Waals surface area (Å²) in [5.74, 6) is 0.964. The van der Waals surface area contributed by atoms with Crippen LogP contribution in [0.15, 0.2) is 12.1 Å². The highest BCUT2D eigenvalue weighted by Crippen LogP contribution is 2.37. The lowest BCUT2D eigenvalue weighted by Crippen LogP contribution is -2.50. The minimum atomic E-state index is -0.0642. The van der Waals surface area contributed by atoms with Gasteiger partial charge in [-0.15, -0.1) is 0 Å². The molecule has 0 radical (unpaired) electrons. The number of hydrogen-bond donors (Lipinski definition) is 0. The standard InChI is InChI=1S/C19H28ClNO4/c1-5-7-8-24-18-16(20)9-15(10-17(18)23-6-2)19(22)21-11-14(4)25-12-13(21)3/h9-10,13-14H,5-8,11-12H2,1-4H3. The van der Waals surface area contributed by atoms with E-state index in [0.717, 1.165) is 12.8 Å². The maximum atomic E-state index is 13.0. The molecule has 5 nitrogen and oxygen atoms in total. The Morgan fingerprint density at radius 3 is 2.76 bits per heavy atom. The zero-order valence-corrected chi connectivity index (χ0v) is 16.3. The molecule has 2 rings (SSSR count). The lowest BCUT2D eigenvalue weighted by atomic mass is 10.1. The van der Waals surface area contributed by atoms with E-state index >= 15 is 0 Å². The number of ether oxygens (including phenoxy) is 3. The van der Waals surface area contributed by atoms with Gasteiger partial charge in [-0.2, -0.15) is 0 Å². The number of carbonyl (C=O) groups is 1. The second-order valence-corrected chi connectivity index (χ2v) is 6.78. The molecule has 1 aromatic rings. The first-order valence-electron chi connectivity index (χ1n) is 8.99. The molecule has 0 N–H and O–H groups in total.